The molecule has 1 saturated carbocycles. The molecule has 2 heterocycles. The van der Waals surface area contributed by atoms with Gasteiger partial charge in [-0.05, 0) is 40.0 Å². The van der Waals surface area contributed by atoms with Crippen LogP contribution < -0.4 is 5.32 Å². The second-order valence-corrected chi connectivity index (χ2v) is 8.37. The van der Waals surface area contributed by atoms with Gasteiger partial charge in [0.1, 0.15) is 11.5 Å². The van der Waals surface area contributed by atoms with E-state index in [0.29, 0.717) is 13.0 Å². The van der Waals surface area contributed by atoms with E-state index in [1.165, 1.54) is 5.57 Å². The standard InChI is InChI=1S/C19H30ClNO6/c1-11(2)5-6-13-18(3,27-13)16-15(24-4)12(7-8-19(16)10-25-19)26-17(23)21-14(22)9-20/h5,12-13,15-17,23H,6-10H2,1-4H3,(H,21,22)/t12-,13-,15-,16-,17?,18+,19+/m1/s1. The van der Waals surface area contributed by atoms with Gasteiger partial charge >= 0.3 is 0 Å². The third kappa shape index (κ3) is 4.33. The lowest BCUT2D eigenvalue weighted by Gasteiger charge is -2.43. The first kappa shape index (κ1) is 21.0. The van der Waals surface area contributed by atoms with Crippen LogP contribution in [0.2, 0.25) is 0 Å². The number of hydrogen-bond donors (Lipinski definition) is 2. The largest absolute Gasteiger partial charge is 0.378 e. The molecule has 0 aromatic carbocycles. The number of epoxide rings is 2. The van der Waals surface area contributed by atoms with Gasteiger partial charge in [-0.15, -0.1) is 11.6 Å². The fourth-order valence-electron chi connectivity index (χ4n) is 4.47. The van der Waals surface area contributed by atoms with Crippen LogP contribution in [0.5, 0.6) is 0 Å². The number of allylic oxidation sites excluding steroid dienone is 1. The summed E-state index contributed by atoms with van der Waals surface area (Å²) in [5.41, 5.74) is 0.644. The summed E-state index contributed by atoms with van der Waals surface area (Å²) in [6, 6.07) is 0. The van der Waals surface area contributed by atoms with Crippen molar-refractivity contribution in [1.82, 2.24) is 5.32 Å². The molecular formula is C19H30ClNO6. The van der Waals surface area contributed by atoms with Gasteiger partial charge in [0, 0.05) is 7.11 Å². The van der Waals surface area contributed by atoms with E-state index in [1.54, 1.807) is 7.11 Å². The fourth-order valence-corrected chi connectivity index (χ4v) is 4.54. The van der Waals surface area contributed by atoms with Crippen LogP contribution >= 0.6 is 11.6 Å². The number of methoxy groups -OCH3 is 1. The van der Waals surface area contributed by atoms with E-state index in [4.69, 9.17) is 30.5 Å². The molecule has 8 heteroatoms. The molecule has 0 aromatic rings. The van der Waals surface area contributed by atoms with Crippen molar-refractivity contribution in [2.75, 3.05) is 19.6 Å². The molecule has 1 unspecified atom stereocenters. The third-order valence-corrected chi connectivity index (χ3v) is 6.19. The number of rotatable bonds is 8. The summed E-state index contributed by atoms with van der Waals surface area (Å²) in [6.07, 6.45) is 2.47. The highest BCUT2D eigenvalue weighted by Crippen LogP contribution is 2.59. The topological polar surface area (TPSA) is 92.8 Å². The number of aliphatic hydroxyl groups is 1. The van der Waals surface area contributed by atoms with Gasteiger partial charge in [0.25, 0.3) is 0 Å². The maximum Gasteiger partial charge on any atom is 0.238 e. The van der Waals surface area contributed by atoms with Gasteiger partial charge in [0.15, 0.2) is 0 Å². The van der Waals surface area contributed by atoms with Crippen LogP contribution in [0.1, 0.15) is 40.0 Å². The van der Waals surface area contributed by atoms with Crippen LogP contribution in [0.4, 0.5) is 0 Å². The summed E-state index contributed by atoms with van der Waals surface area (Å²) in [6.45, 7) is 6.93. The lowest BCUT2D eigenvalue weighted by atomic mass is 9.68. The van der Waals surface area contributed by atoms with Crippen LogP contribution in [0, 0.1) is 5.92 Å². The molecule has 2 N–H and O–H groups in total. The molecule has 0 bridgehead atoms. The number of nitrogens with one attached hydrogen (secondary N) is 1. The van der Waals surface area contributed by atoms with Gasteiger partial charge in [-0.3, -0.25) is 4.79 Å². The monoisotopic (exact) mass is 403 g/mol. The molecule has 1 amide bonds. The number of ether oxygens (including phenoxy) is 4. The Morgan fingerprint density at radius 2 is 2.19 bits per heavy atom. The van der Waals surface area contributed by atoms with E-state index < -0.39 is 12.3 Å². The number of aliphatic hydroxyl groups excluding tert-OH is 1. The summed E-state index contributed by atoms with van der Waals surface area (Å²) in [4.78, 5) is 11.4. The third-order valence-electron chi connectivity index (χ3n) is 5.95. The molecule has 1 aliphatic carbocycles. The molecule has 2 aliphatic heterocycles. The van der Waals surface area contributed by atoms with Crippen LogP contribution in [0.3, 0.4) is 0 Å². The SMILES string of the molecule is CO[C@@H]1[C@H](OC(O)NC(=O)CCl)CC[C@]2(CO2)[C@H]1[C@@]1(C)O[C@@H]1CC=C(C)C. The van der Waals surface area contributed by atoms with Gasteiger partial charge in [-0.1, -0.05) is 11.6 Å². The Balaban J connectivity index is 1.72. The number of halogens is 1. The van der Waals surface area contributed by atoms with Crippen molar-refractivity contribution in [3.05, 3.63) is 11.6 Å². The predicted octanol–water partition coefficient (Wildman–Crippen LogP) is 1.71. The van der Waals surface area contributed by atoms with Crippen molar-refractivity contribution in [1.29, 1.82) is 0 Å². The molecule has 27 heavy (non-hydrogen) atoms. The Bertz CT molecular complexity index is 591. The maximum absolute atomic E-state index is 11.4. The van der Waals surface area contributed by atoms with Crippen LogP contribution in [-0.4, -0.2) is 66.5 Å². The quantitative estimate of drug-likeness (QED) is 0.277. The highest BCUT2D eigenvalue weighted by atomic mass is 35.5. The van der Waals surface area contributed by atoms with Crippen molar-refractivity contribution in [2.24, 2.45) is 5.92 Å². The molecule has 3 fully saturated rings. The zero-order chi connectivity index (χ0) is 19.8. The number of amides is 1. The summed E-state index contributed by atoms with van der Waals surface area (Å²) < 4.78 is 23.5. The normalized spacial score (nSPS) is 41.1. The average molecular weight is 404 g/mol. The lowest BCUT2D eigenvalue weighted by molar-refractivity contribution is -0.214. The van der Waals surface area contributed by atoms with Gasteiger partial charge in [-0.25, -0.2) is 0 Å². The van der Waals surface area contributed by atoms with Gasteiger partial charge in [-0.2, -0.15) is 0 Å². The summed E-state index contributed by atoms with van der Waals surface area (Å²) in [5.74, 6) is -0.747. The minimum Gasteiger partial charge on any atom is -0.378 e. The minimum atomic E-state index is -1.43. The maximum atomic E-state index is 11.4. The van der Waals surface area contributed by atoms with Gasteiger partial charge < -0.3 is 29.4 Å². The highest BCUT2D eigenvalue weighted by Gasteiger charge is 2.72. The van der Waals surface area contributed by atoms with Crippen LogP contribution in [-0.2, 0) is 23.7 Å². The first-order chi connectivity index (χ1) is 12.8. The first-order valence-electron chi connectivity index (χ1n) is 9.42. The first-order valence-corrected chi connectivity index (χ1v) is 9.96. The summed E-state index contributed by atoms with van der Waals surface area (Å²) in [7, 11) is 1.63. The Kier molecular flexibility index (Phi) is 6.20. The van der Waals surface area contributed by atoms with Crippen LogP contribution in [0.25, 0.3) is 0 Å². The van der Waals surface area contributed by atoms with E-state index >= 15 is 0 Å². The minimum absolute atomic E-state index is 0.0137. The van der Waals surface area contributed by atoms with Crippen LogP contribution in [0.15, 0.2) is 11.6 Å². The van der Waals surface area contributed by atoms with Crippen molar-refractivity contribution < 1.29 is 28.8 Å². The van der Waals surface area contributed by atoms with Crippen molar-refractivity contribution in [3.8, 4) is 0 Å². The fraction of sp³-hybridized carbons (Fsp3) is 0.842. The number of hydrogen-bond acceptors (Lipinski definition) is 6. The van der Waals surface area contributed by atoms with E-state index in [-0.39, 0.29) is 41.3 Å². The molecule has 7 nitrogen and oxygen atoms in total. The Morgan fingerprint density at radius 3 is 2.74 bits per heavy atom. The van der Waals surface area contributed by atoms with Gasteiger partial charge in [0.05, 0.1) is 36.4 Å². The van der Waals surface area contributed by atoms with Gasteiger partial charge in [0.2, 0.25) is 12.3 Å². The summed E-state index contributed by atoms with van der Waals surface area (Å²) >= 11 is 5.46. The average Bonchev–Trinajstić information content (AvgIpc) is 3.52. The molecule has 0 aromatic heterocycles. The molecule has 7 atom stereocenters. The molecule has 0 radical (unpaired) electrons. The molecule has 154 valence electrons. The predicted molar refractivity (Wildman–Crippen MR) is 99.3 cm³/mol. The zero-order valence-electron chi connectivity index (χ0n) is 16.4. The van der Waals surface area contributed by atoms with E-state index in [1.807, 2.05) is 0 Å². The molecule has 3 rings (SSSR count). The van der Waals surface area contributed by atoms with Crippen molar-refractivity contribution in [2.45, 2.75) is 76.0 Å². The molecular weight excluding hydrogens is 374 g/mol. The summed E-state index contributed by atoms with van der Waals surface area (Å²) in [5, 5.41) is 12.3. The zero-order valence-corrected chi connectivity index (χ0v) is 17.1. The smallest absolute Gasteiger partial charge is 0.238 e. The van der Waals surface area contributed by atoms with Crippen molar-refractivity contribution >= 4 is 17.5 Å². The second-order valence-electron chi connectivity index (χ2n) is 8.11. The lowest BCUT2D eigenvalue weighted by Crippen LogP contribution is -2.56. The number of alkyl halides is 1. The van der Waals surface area contributed by atoms with E-state index in [0.717, 1.165) is 12.8 Å². The Morgan fingerprint density at radius 1 is 1.48 bits per heavy atom. The van der Waals surface area contributed by atoms with Crippen molar-refractivity contribution in [3.63, 3.8) is 0 Å². The molecule has 1 spiro atoms. The second kappa shape index (κ2) is 7.97. The Labute approximate surface area is 165 Å². The molecule has 2 saturated heterocycles. The van der Waals surface area contributed by atoms with E-state index in [9.17, 15) is 9.90 Å². The Hall–Kier alpha value is -0.700. The van der Waals surface area contributed by atoms with E-state index in [2.05, 4.69) is 32.2 Å². The number of carbonyl (C=O) groups is 1. The number of carbonyl (C=O) groups excluding carboxylic acids is 1. The highest BCUT2D eigenvalue weighted by molar-refractivity contribution is 6.27. The molecule has 3 aliphatic rings.